The van der Waals surface area contributed by atoms with Crippen LogP contribution >= 0.6 is 11.6 Å². The van der Waals surface area contributed by atoms with Crippen LogP contribution in [0.2, 0.25) is 5.02 Å². The summed E-state index contributed by atoms with van der Waals surface area (Å²) >= 11 is 5.87. The Morgan fingerprint density at radius 2 is 1.75 bits per heavy atom. The van der Waals surface area contributed by atoms with E-state index in [1.165, 1.54) is 12.1 Å². The number of hydrogen-bond acceptors (Lipinski definition) is 4. The molecule has 0 aliphatic heterocycles. The Morgan fingerprint density at radius 3 is 2.33 bits per heavy atom. The molecule has 0 aromatic heterocycles. The molecule has 0 fully saturated rings. The molecule has 2 rings (SSSR count). The molecule has 0 saturated carbocycles. The van der Waals surface area contributed by atoms with Gasteiger partial charge in [-0.3, -0.25) is 4.79 Å². The van der Waals surface area contributed by atoms with Crippen LogP contribution in [0.5, 0.6) is 0 Å². The predicted molar refractivity (Wildman–Crippen MR) is 92.2 cm³/mol. The lowest BCUT2D eigenvalue weighted by atomic mass is 10.1. The third-order valence-electron chi connectivity index (χ3n) is 3.30. The van der Waals surface area contributed by atoms with E-state index in [1.54, 1.807) is 49.4 Å². The molecule has 2 aromatic carbocycles. The fourth-order valence-corrected chi connectivity index (χ4v) is 3.54. The van der Waals surface area contributed by atoms with Crippen LogP contribution in [0.3, 0.4) is 0 Å². The first-order valence-corrected chi connectivity index (χ1v) is 9.27. The zero-order chi connectivity index (χ0) is 17.6. The van der Waals surface area contributed by atoms with E-state index in [2.05, 4.69) is 4.72 Å². The summed E-state index contributed by atoms with van der Waals surface area (Å²) in [5.41, 5.74) is 0.631. The number of rotatable bonds is 7. The first-order chi connectivity index (χ1) is 11.4. The molecule has 128 valence electrons. The van der Waals surface area contributed by atoms with Gasteiger partial charge in [-0.15, -0.1) is 0 Å². The molecule has 0 aliphatic rings. The molecule has 1 N–H and O–H groups in total. The summed E-state index contributed by atoms with van der Waals surface area (Å²) in [7, 11) is -3.77. The first-order valence-electron chi connectivity index (χ1n) is 7.41. The molecular weight excluding hydrogens is 350 g/mol. The largest absolute Gasteiger partial charge is 0.466 e. The standard InChI is InChI=1S/C17H18ClNO4S/c1-2-23-17(20)12-16(13-8-10-14(18)11-9-13)19-24(21,22)15-6-4-3-5-7-15/h3-11,16,19H,2,12H2,1H3. The van der Waals surface area contributed by atoms with E-state index in [4.69, 9.17) is 16.3 Å². The smallest absolute Gasteiger partial charge is 0.307 e. The number of nitrogens with one attached hydrogen (secondary N) is 1. The summed E-state index contributed by atoms with van der Waals surface area (Å²) in [6.45, 7) is 1.93. The predicted octanol–water partition coefficient (Wildman–Crippen LogP) is 3.31. The molecule has 0 spiro atoms. The van der Waals surface area contributed by atoms with Gasteiger partial charge in [0, 0.05) is 5.02 Å². The highest BCUT2D eigenvalue weighted by Gasteiger charge is 2.24. The monoisotopic (exact) mass is 367 g/mol. The van der Waals surface area contributed by atoms with Crippen LogP contribution in [0.1, 0.15) is 24.9 Å². The lowest BCUT2D eigenvalue weighted by Gasteiger charge is -2.18. The second kappa shape index (κ2) is 8.28. The topological polar surface area (TPSA) is 72.5 Å². The quantitative estimate of drug-likeness (QED) is 0.762. The third-order valence-corrected chi connectivity index (χ3v) is 5.04. The summed E-state index contributed by atoms with van der Waals surface area (Å²) in [6, 6.07) is 13.9. The van der Waals surface area contributed by atoms with Gasteiger partial charge in [0.1, 0.15) is 0 Å². The summed E-state index contributed by atoms with van der Waals surface area (Å²) in [5.74, 6) is -0.479. The van der Waals surface area contributed by atoms with Gasteiger partial charge in [-0.05, 0) is 36.8 Å². The van der Waals surface area contributed by atoms with Gasteiger partial charge in [0.15, 0.2) is 0 Å². The van der Waals surface area contributed by atoms with Gasteiger partial charge < -0.3 is 4.74 Å². The van der Waals surface area contributed by atoms with Gasteiger partial charge in [-0.2, -0.15) is 0 Å². The average molecular weight is 368 g/mol. The highest BCUT2D eigenvalue weighted by atomic mass is 35.5. The minimum atomic E-state index is -3.77. The van der Waals surface area contributed by atoms with Crippen molar-refractivity contribution in [3.05, 3.63) is 65.2 Å². The molecule has 0 heterocycles. The van der Waals surface area contributed by atoms with Crippen LogP contribution in [0.15, 0.2) is 59.5 Å². The Balaban J connectivity index is 2.28. The number of esters is 1. The highest BCUT2D eigenvalue weighted by molar-refractivity contribution is 7.89. The zero-order valence-corrected chi connectivity index (χ0v) is 14.7. The van der Waals surface area contributed by atoms with Gasteiger partial charge in [-0.1, -0.05) is 41.9 Å². The Bertz CT molecular complexity index is 776. The number of hydrogen-bond donors (Lipinski definition) is 1. The Hall–Kier alpha value is -1.89. The fourth-order valence-electron chi connectivity index (χ4n) is 2.16. The van der Waals surface area contributed by atoms with E-state index in [0.717, 1.165) is 0 Å². The second-order valence-electron chi connectivity index (χ2n) is 5.05. The number of sulfonamides is 1. The maximum atomic E-state index is 12.5. The van der Waals surface area contributed by atoms with E-state index < -0.39 is 22.0 Å². The van der Waals surface area contributed by atoms with Crippen molar-refractivity contribution in [3.8, 4) is 0 Å². The van der Waals surface area contributed by atoms with Crippen molar-refractivity contribution in [2.24, 2.45) is 0 Å². The summed E-state index contributed by atoms with van der Waals surface area (Å²) in [4.78, 5) is 12.0. The van der Waals surface area contributed by atoms with Crippen molar-refractivity contribution in [3.63, 3.8) is 0 Å². The summed E-state index contributed by atoms with van der Waals surface area (Å²) in [5, 5.41) is 0.527. The van der Waals surface area contributed by atoms with Crippen LogP contribution in [0, 0.1) is 0 Å². The maximum absolute atomic E-state index is 12.5. The molecule has 0 saturated heterocycles. The van der Waals surface area contributed by atoms with Crippen molar-refractivity contribution in [2.75, 3.05) is 6.61 Å². The highest BCUT2D eigenvalue weighted by Crippen LogP contribution is 2.22. The summed E-state index contributed by atoms with van der Waals surface area (Å²) < 4.78 is 32.6. The van der Waals surface area contributed by atoms with Gasteiger partial charge >= 0.3 is 5.97 Å². The van der Waals surface area contributed by atoms with Crippen molar-refractivity contribution in [1.82, 2.24) is 4.72 Å². The van der Waals surface area contributed by atoms with Crippen LogP contribution in [-0.2, 0) is 19.6 Å². The molecule has 7 heteroatoms. The maximum Gasteiger partial charge on any atom is 0.307 e. The fraction of sp³-hybridized carbons (Fsp3) is 0.235. The van der Waals surface area contributed by atoms with Gasteiger partial charge in [0.05, 0.1) is 24.0 Å². The van der Waals surface area contributed by atoms with E-state index in [9.17, 15) is 13.2 Å². The Labute approximate surface area is 146 Å². The van der Waals surface area contributed by atoms with E-state index >= 15 is 0 Å². The molecule has 24 heavy (non-hydrogen) atoms. The van der Waals surface area contributed by atoms with Crippen LogP contribution in [0.25, 0.3) is 0 Å². The van der Waals surface area contributed by atoms with Gasteiger partial charge in [-0.25, -0.2) is 13.1 Å². The van der Waals surface area contributed by atoms with Crippen molar-refractivity contribution in [2.45, 2.75) is 24.3 Å². The van der Waals surface area contributed by atoms with Crippen molar-refractivity contribution < 1.29 is 17.9 Å². The SMILES string of the molecule is CCOC(=O)CC(NS(=O)(=O)c1ccccc1)c1ccc(Cl)cc1. The average Bonchev–Trinajstić information content (AvgIpc) is 2.56. The zero-order valence-electron chi connectivity index (χ0n) is 13.1. The van der Waals surface area contributed by atoms with Gasteiger partial charge in [0.25, 0.3) is 0 Å². The number of benzene rings is 2. The number of carbonyl (C=O) groups excluding carboxylic acids is 1. The lowest BCUT2D eigenvalue weighted by Crippen LogP contribution is -2.30. The molecule has 0 aliphatic carbocycles. The normalized spacial score (nSPS) is 12.6. The van der Waals surface area contributed by atoms with Gasteiger partial charge in [0.2, 0.25) is 10.0 Å². The first kappa shape index (κ1) is 18.4. The Kier molecular flexibility index (Phi) is 6.36. The minimum absolute atomic E-state index is 0.110. The van der Waals surface area contributed by atoms with Crippen molar-refractivity contribution >= 4 is 27.6 Å². The number of ether oxygens (including phenoxy) is 1. The number of halogens is 1. The second-order valence-corrected chi connectivity index (χ2v) is 7.20. The van der Waals surface area contributed by atoms with Crippen LogP contribution < -0.4 is 4.72 Å². The van der Waals surface area contributed by atoms with Crippen molar-refractivity contribution in [1.29, 1.82) is 0 Å². The molecule has 5 nitrogen and oxygen atoms in total. The van der Waals surface area contributed by atoms with E-state index in [-0.39, 0.29) is 17.9 Å². The Morgan fingerprint density at radius 1 is 1.12 bits per heavy atom. The molecule has 1 atom stereocenters. The van der Waals surface area contributed by atoms with E-state index in [0.29, 0.717) is 10.6 Å². The molecule has 0 amide bonds. The molecule has 0 bridgehead atoms. The molecule has 1 unspecified atom stereocenters. The minimum Gasteiger partial charge on any atom is -0.466 e. The third kappa shape index (κ3) is 5.06. The van der Waals surface area contributed by atoms with E-state index in [1.807, 2.05) is 0 Å². The van der Waals surface area contributed by atoms with Crippen LogP contribution in [-0.4, -0.2) is 21.0 Å². The molecule has 0 radical (unpaired) electrons. The summed E-state index contributed by atoms with van der Waals surface area (Å²) in [6.07, 6.45) is -0.110. The molecular formula is C17H18ClNO4S. The number of carbonyl (C=O) groups is 1. The molecule has 2 aromatic rings. The lowest BCUT2D eigenvalue weighted by molar-refractivity contribution is -0.143. The van der Waals surface area contributed by atoms with Crippen LogP contribution in [0.4, 0.5) is 0 Å².